The van der Waals surface area contributed by atoms with E-state index in [2.05, 4.69) is 66.3 Å². The number of hydrogen-bond donors (Lipinski definition) is 3. The second kappa shape index (κ2) is 10.8. The van der Waals surface area contributed by atoms with Crippen LogP contribution in [0.2, 0.25) is 0 Å². The minimum Gasteiger partial charge on any atom is -0.481 e. The van der Waals surface area contributed by atoms with Gasteiger partial charge < -0.3 is 25.6 Å². The predicted octanol–water partition coefficient (Wildman–Crippen LogP) is 4.56. The van der Waals surface area contributed by atoms with Gasteiger partial charge in [-0.25, -0.2) is 15.0 Å². The molecule has 1 amide bonds. The maximum Gasteiger partial charge on any atom is 0.246 e. The van der Waals surface area contributed by atoms with E-state index < -0.39 is 0 Å². The quantitative estimate of drug-likeness (QED) is 0.361. The lowest BCUT2D eigenvalue weighted by atomic mass is 9.88. The first-order valence-corrected chi connectivity index (χ1v) is 13.0. The van der Waals surface area contributed by atoms with Crippen LogP contribution >= 0.6 is 11.3 Å². The van der Waals surface area contributed by atoms with Gasteiger partial charge in [0, 0.05) is 37.8 Å². The van der Waals surface area contributed by atoms with Gasteiger partial charge in [0.05, 0.1) is 7.11 Å². The van der Waals surface area contributed by atoms with E-state index in [9.17, 15) is 4.79 Å². The monoisotopic (exact) mass is 509 g/mol. The number of hydrogen-bond acceptors (Lipinski definition) is 9. The molecule has 2 unspecified atom stereocenters. The van der Waals surface area contributed by atoms with Crippen LogP contribution in [0.1, 0.15) is 39.7 Å². The fourth-order valence-corrected chi connectivity index (χ4v) is 4.73. The average Bonchev–Trinajstić information content (AvgIpc) is 3.47. The Morgan fingerprint density at radius 1 is 1.28 bits per heavy atom. The van der Waals surface area contributed by atoms with Crippen LogP contribution in [0.25, 0.3) is 10.3 Å². The molecule has 2 atom stereocenters. The van der Waals surface area contributed by atoms with Crippen LogP contribution in [0.3, 0.4) is 0 Å². The molecule has 0 aliphatic carbocycles. The molecule has 3 aromatic rings. The number of likely N-dealkylation sites (tertiary alicyclic amines) is 1. The Labute approximate surface area is 216 Å². The van der Waals surface area contributed by atoms with Gasteiger partial charge in [0.25, 0.3) is 0 Å². The van der Waals surface area contributed by atoms with Crippen LogP contribution in [-0.4, -0.2) is 58.0 Å². The fraction of sp³-hybridized carbons (Fsp3) is 0.462. The third-order valence-corrected chi connectivity index (χ3v) is 7.38. The number of nitrogens with zero attached hydrogens (tertiary/aromatic N) is 4. The van der Waals surface area contributed by atoms with Gasteiger partial charge in [0.15, 0.2) is 5.13 Å². The van der Waals surface area contributed by atoms with E-state index in [1.54, 1.807) is 13.2 Å². The molecule has 4 heterocycles. The van der Waals surface area contributed by atoms with Crippen molar-refractivity contribution in [2.45, 2.75) is 52.7 Å². The van der Waals surface area contributed by atoms with Crippen molar-refractivity contribution >= 4 is 44.4 Å². The summed E-state index contributed by atoms with van der Waals surface area (Å²) in [7, 11) is 1.60. The first kappa shape index (κ1) is 25.8. The zero-order valence-electron chi connectivity index (χ0n) is 21.6. The molecule has 1 fully saturated rings. The van der Waals surface area contributed by atoms with E-state index in [0.717, 1.165) is 28.1 Å². The van der Waals surface area contributed by atoms with Crippen molar-refractivity contribution in [2.24, 2.45) is 5.41 Å². The molecule has 0 saturated carbocycles. The molecule has 0 spiro atoms. The Hall–Kier alpha value is -3.24. The number of pyridine rings is 2. The highest BCUT2D eigenvalue weighted by atomic mass is 32.1. The predicted molar refractivity (Wildman–Crippen MR) is 146 cm³/mol. The van der Waals surface area contributed by atoms with Gasteiger partial charge in [-0.3, -0.25) is 4.79 Å². The number of anilines is 3. The lowest BCUT2D eigenvalue weighted by Crippen LogP contribution is -2.37. The summed E-state index contributed by atoms with van der Waals surface area (Å²) in [6, 6.07) is 8.26. The summed E-state index contributed by atoms with van der Waals surface area (Å²) in [5, 5.41) is 11.2. The summed E-state index contributed by atoms with van der Waals surface area (Å²) >= 11 is 1.45. The molecule has 0 aromatic carbocycles. The van der Waals surface area contributed by atoms with Crippen molar-refractivity contribution in [1.29, 1.82) is 0 Å². The van der Waals surface area contributed by atoms with Crippen LogP contribution in [0.4, 0.5) is 16.8 Å². The molecule has 4 rings (SSSR count). The second-order valence-electron chi connectivity index (χ2n) is 10.2. The number of carbonyl (C=O) groups is 1. The van der Waals surface area contributed by atoms with Gasteiger partial charge in [-0.1, -0.05) is 38.7 Å². The molecule has 192 valence electrons. The Kier molecular flexibility index (Phi) is 7.75. The smallest absolute Gasteiger partial charge is 0.246 e. The largest absolute Gasteiger partial charge is 0.481 e. The van der Waals surface area contributed by atoms with E-state index in [1.807, 2.05) is 17.0 Å². The second-order valence-corrected chi connectivity index (χ2v) is 11.1. The Morgan fingerprint density at radius 3 is 2.78 bits per heavy atom. The molecule has 1 aliphatic rings. The van der Waals surface area contributed by atoms with Crippen molar-refractivity contribution < 1.29 is 9.53 Å². The van der Waals surface area contributed by atoms with Crippen molar-refractivity contribution in [1.82, 2.24) is 25.2 Å². The summed E-state index contributed by atoms with van der Waals surface area (Å²) in [5.41, 5.74) is 2.05. The Balaban J connectivity index is 1.55. The highest BCUT2D eigenvalue weighted by Crippen LogP contribution is 2.29. The standard InChI is InChI=1S/C26H35N7O2S/c1-7-23(34)33-11-10-18(15-33)28-20-12-17(14-27-16(2)26(3,4)5)13-21(30-20)31-25-29-19-8-9-22(35-6)32-24(19)36-25/h7-9,12-13,16,18,27H,1,10-11,14-15H2,2-6H3,(H2,28,29,30,31). The molecule has 1 saturated heterocycles. The van der Waals surface area contributed by atoms with E-state index in [-0.39, 0.29) is 17.4 Å². The molecule has 3 aromatic heterocycles. The zero-order chi connectivity index (χ0) is 25.9. The summed E-state index contributed by atoms with van der Waals surface area (Å²) < 4.78 is 5.23. The Morgan fingerprint density at radius 2 is 2.06 bits per heavy atom. The van der Waals surface area contributed by atoms with Crippen molar-refractivity contribution in [3.05, 3.63) is 42.5 Å². The number of amides is 1. The van der Waals surface area contributed by atoms with E-state index >= 15 is 0 Å². The van der Waals surface area contributed by atoms with Crippen molar-refractivity contribution in [3.8, 4) is 5.88 Å². The topological polar surface area (TPSA) is 104 Å². The van der Waals surface area contributed by atoms with Crippen LogP contribution in [0, 0.1) is 5.41 Å². The van der Waals surface area contributed by atoms with Crippen LogP contribution in [-0.2, 0) is 11.3 Å². The molecule has 1 aliphatic heterocycles. The van der Waals surface area contributed by atoms with Gasteiger partial charge in [-0.15, -0.1) is 0 Å². The van der Waals surface area contributed by atoms with Gasteiger partial charge in [-0.05, 0) is 48.6 Å². The molecular weight excluding hydrogens is 474 g/mol. The van der Waals surface area contributed by atoms with Crippen molar-refractivity contribution in [2.75, 3.05) is 30.8 Å². The normalized spacial score (nSPS) is 16.7. The number of methoxy groups -OCH3 is 1. The molecule has 36 heavy (non-hydrogen) atoms. The third-order valence-electron chi connectivity index (χ3n) is 6.50. The number of nitrogens with one attached hydrogen (secondary N) is 3. The summed E-state index contributed by atoms with van der Waals surface area (Å²) in [4.78, 5) is 28.5. The van der Waals surface area contributed by atoms with Crippen LogP contribution in [0.15, 0.2) is 36.9 Å². The van der Waals surface area contributed by atoms with Gasteiger partial charge in [-0.2, -0.15) is 0 Å². The van der Waals surface area contributed by atoms with E-state index in [4.69, 9.17) is 9.72 Å². The van der Waals surface area contributed by atoms with Gasteiger partial charge in [0.1, 0.15) is 22.0 Å². The third kappa shape index (κ3) is 6.30. The fourth-order valence-electron chi connectivity index (χ4n) is 3.90. The first-order chi connectivity index (χ1) is 17.1. The summed E-state index contributed by atoms with van der Waals surface area (Å²) in [6.07, 6.45) is 2.23. The van der Waals surface area contributed by atoms with Crippen LogP contribution in [0.5, 0.6) is 5.88 Å². The highest BCUT2D eigenvalue weighted by Gasteiger charge is 2.25. The SMILES string of the molecule is C=CC(=O)N1CCC(Nc2cc(CNC(C)C(C)(C)C)cc(Nc3nc4ccc(OC)nc4s3)n2)C1. The number of aromatic nitrogens is 3. The van der Waals surface area contributed by atoms with Crippen LogP contribution < -0.4 is 20.7 Å². The molecule has 10 heteroatoms. The molecule has 0 radical (unpaired) electrons. The van der Waals surface area contributed by atoms with Crippen molar-refractivity contribution in [3.63, 3.8) is 0 Å². The number of fused-ring (bicyclic) bond motifs is 1. The maximum atomic E-state index is 12.0. The van der Waals surface area contributed by atoms with Gasteiger partial charge in [0.2, 0.25) is 11.8 Å². The van der Waals surface area contributed by atoms with E-state index in [1.165, 1.54) is 17.4 Å². The number of ether oxygens (including phenoxy) is 1. The number of carbonyl (C=O) groups excluding carboxylic acids is 1. The molecular formula is C26H35N7O2S. The molecule has 0 bridgehead atoms. The number of thiazole rings is 1. The van der Waals surface area contributed by atoms with Gasteiger partial charge >= 0.3 is 0 Å². The highest BCUT2D eigenvalue weighted by molar-refractivity contribution is 7.21. The Bertz CT molecular complexity index is 1240. The minimum atomic E-state index is -0.0372. The summed E-state index contributed by atoms with van der Waals surface area (Å²) in [5.74, 6) is 1.98. The lowest BCUT2D eigenvalue weighted by Gasteiger charge is -2.28. The molecule has 9 nitrogen and oxygen atoms in total. The average molecular weight is 510 g/mol. The summed E-state index contributed by atoms with van der Waals surface area (Å²) in [6.45, 7) is 14.5. The van der Waals surface area contributed by atoms with E-state index in [0.29, 0.717) is 42.5 Å². The lowest BCUT2D eigenvalue weighted by molar-refractivity contribution is -0.125. The number of rotatable bonds is 9. The first-order valence-electron chi connectivity index (χ1n) is 12.2. The minimum absolute atomic E-state index is 0.0372. The molecule has 3 N–H and O–H groups in total. The zero-order valence-corrected chi connectivity index (χ0v) is 22.4. The maximum absolute atomic E-state index is 12.0.